The van der Waals surface area contributed by atoms with Gasteiger partial charge in [-0.2, -0.15) is 0 Å². The van der Waals surface area contributed by atoms with Crippen LogP contribution in [-0.2, 0) is 13.1 Å². The first-order valence-corrected chi connectivity index (χ1v) is 9.09. The van der Waals surface area contributed by atoms with Crippen molar-refractivity contribution < 1.29 is 0 Å². The van der Waals surface area contributed by atoms with Crippen LogP contribution >= 0.6 is 0 Å². The summed E-state index contributed by atoms with van der Waals surface area (Å²) in [6.45, 7) is 8.47. The van der Waals surface area contributed by atoms with Crippen molar-refractivity contribution in [1.29, 1.82) is 0 Å². The molecule has 1 heterocycles. The van der Waals surface area contributed by atoms with E-state index in [2.05, 4.69) is 52.1 Å². The Morgan fingerprint density at radius 1 is 1.43 bits per heavy atom. The second kappa shape index (κ2) is 8.94. The van der Waals surface area contributed by atoms with Crippen molar-refractivity contribution in [2.24, 2.45) is 16.8 Å². The van der Waals surface area contributed by atoms with Crippen LogP contribution in [0.1, 0.15) is 58.7 Å². The molecule has 0 aliphatic heterocycles. The Balaban J connectivity index is 1.84. The normalized spacial score (nSPS) is 22.4. The Morgan fingerprint density at radius 2 is 2.26 bits per heavy atom. The number of imidazole rings is 1. The van der Waals surface area contributed by atoms with E-state index in [1.54, 1.807) is 0 Å². The molecule has 1 aliphatic carbocycles. The van der Waals surface area contributed by atoms with Gasteiger partial charge in [-0.05, 0) is 24.7 Å². The Bertz CT molecular complexity index is 491. The van der Waals surface area contributed by atoms with Crippen molar-refractivity contribution in [3.63, 3.8) is 0 Å². The molecular formula is C18H33N5. The summed E-state index contributed by atoms with van der Waals surface area (Å²) in [4.78, 5) is 8.85. The number of hydrogen-bond donors (Lipinski definition) is 2. The lowest BCUT2D eigenvalue weighted by Gasteiger charge is -2.30. The van der Waals surface area contributed by atoms with Crippen LogP contribution in [0.25, 0.3) is 0 Å². The smallest absolute Gasteiger partial charge is 0.191 e. The zero-order valence-electron chi connectivity index (χ0n) is 15.2. The molecule has 0 bridgehead atoms. The molecular weight excluding hydrogens is 286 g/mol. The molecule has 1 aromatic heterocycles. The van der Waals surface area contributed by atoms with E-state index < -0.39 is 0 Å². The van der Waals surface area contributed by atoms with Crippen molar-refractivity contribution in [3.8, 4) is 0 Å². The van der Waals surface area contributed by atoms with Gasteiger partial charge in [-0.25, -0.2) is 4.98 Å². The highest BCUT2D eigenvalue weighted by molar-refractivity contribution is 5.79. The minimum atomic E-state index is 0.551. The lowest BCUT2D eigenvalue weighted by atomic mass is 9.84. The van der Waals surface area contributed by atoms with E-state index in [0.29, 0.717) is 18.5 Å². The topological polar surface area (TPSA) is 54.2 Å². The van der Waals surface area contributed by atoms with Gasteiger partial charge >= 0.3 is 0 Å². The first-order chi connectivity index (χ1) is 11.1. The fourth-order valence-corrected chi connectivity index (χ4v) is 3.41. The molecule has 130 valence electrons. The summed E-state index contributed by atoms with van der Waals surface area (Å²) < 4.78 is 2.22. The molecule has 2 N–H and O–H groups in total. The quantitative estimate of drug-likeness (QED) is 0.625. The lowest BCUT2D eigenvalue weighted by molar-refractivity contribution is 0.298. The maximum Gasteiger partial charge on any atom is 0.191 e. The maximum absolute atomic E-state index is 4.47. The average Bonchev–Trinajstić information content (AvgIpc) is 2.98. The van der Waals surface area contributed by atoms with E-state index in [4.69, 9.17) is 0 Å². The monoisotopic (exact) mass is 319 g/mol. The second-order valence-corrected chi connectivity index (χ2v) is 7.10. The van der Waals surface area contributed by atoms with Crippen LogP contribution in [0.3, 0.4) is 0 Å². The standard InChI is InChI=1S/C18H33N5/c1-5-15-7-6-8-16(11-15)22-18(19-4)21-12-17-20-9-10-23(17)13-14(2)3/h9-10,14-16H,5-8,11-13H2,1-4H3,(H2,19,21,22). The van der Waals surface area contributed by atoms with Crippen molar-refractivity contribution in [2.75, 3.05) is 7.05 Å². The van der Waals surface area contributed by atoms with Crippen LogP contribution in [0, 0.1) is 11.8 Å². The molecule has 2 unspecified atom stereocenters. The fraction of sp³-hybridized carbons (Fsp3) is 0.778. The number of aromatic nitrogens is 2. The summed E-state index contributed by atoms with van der Waals surface area (Å²) in [6.07, 6.45) is 10.4. The SMILES string of the molecule is CCC1CCCC(NC(=NC)NCc2nccn2CC(C)C)C1. The molecule has 23 heavy (non-hydrogen) atoms. The summed E-state index contributed by atoms with van der Waals surface area (Å²) in [5, 5.41) is 7.02. The van der Waals surface area contributed by atoms with E-state index in [9.17, 15) is 0 Å². The van der Waals surface area contributed by atoms with Crippen LogP contribution in [-0.4, -0.2) is 28.6 Å². The highest BCUT2D eigenvalue weighted by atomic mass is 15.2. The molecule has 0 spiro atoms. The number of guanidine groups is 1. The van der Waals surface area contributed by atoms with Gasteiger partial charge in [0.15, 0.2) is 5.96 Å². The summed E-state index contributed by atoms with van der Waals surface area (Å²) >= 11 is 0. The number of aliphatic imine (C=N–C) groups is 1. The van der Waals surface area contributed by atoms with E-state index in [1.165, 1.54) is 32.1 Å². The van der Waals surface area contributed by atoms with Gasteiger partial charge in [0.25, 0.3) is 0 Å². The molecule has 2 rings (SSSR count). The van der Waals surface area contributed by atoms with Crippen molar-refractivity contribution in [3.05, 3.63) is 18.2 Å². The highest BCUT2D eigenvalue weighted by Crippen LogP contribution is 2.26. The van der Waals surface area contributed by atoms with Crippen LogP contribution in [0.2, 0.25) is 0 Å². The predicted octanol–water partition coefficient (Wildman–Crippen LogP) is 3.17. The molecule has 2 atom stereocenters. The third kappa shape index (κ3) is 5.56. The maximum atomic E-state index is 4.47. The summed E-state index contributed by atoms with van der Waals surface area (Å²) in [7, 11) is 1.84. The predicted molar refractivity (Wildman–Crippen MR) is 96.4 cm³/mol. The molecule has 1 aliphatic rings. The minimum absolute atomic E-state index is 0.551. The van der Waals surface area contributed by atoms with Gasteiger partial charge in [-0.3, -0.25) is 4.99 Å². The number of hydrogen-bond acceptors (Lipinski definition) is 2. The minimum Gasteiger partial charge on any atom is -0.354 e. The summed E-state index contributed by atoms with van der Waals surface area (Å²) in [5.74, 6) is 3.44. The summed E-state index contributed by atoms with van der Waals surface area (Å²) in [6, 6.07) is 0.551. The van der Waals surface area contributed by atoms with Gasteiger partial charge in [-0.1, -0.05) is 40.0 Å². The molecule has 1 saturated carbocycles. The van der Waals surface area contributed by atoms with Gasteiger partial charge in [0.05, 0.1) is 6.54 Å². The van der Waals surface area contributed by atoms with E-state index in [0.717, 1.165) is 24.2 Å². The number of nitrogens with zero attached hydrogens (tertiary/aromatic N) is 3. The third-order valence-corrected chi connectivity index (χ3v) is 4.70. The molecule has 5 heteroatoms. The van der Waals surface area contributed by atoms with Gasteiger partial charge < -0.3 is 15.2 Å². The first kappa shape index (κ1) is 17.8. The van der Waals surface area contributed by atoms with Crippen molar-refractivity contribution >= 4 is 5.96 Å². The fourth-order valence-electron chi connectivity index (χ4n) is 3.41. The zero-order valence-corrected chi connectivity index (χ0v) is 15.2. The summed E-state index contributed by atoms with van der Waals surface area (Å²) in [5.41, 5.74) is 0. The molecule has 1 aromatic rings. The van der Waals surface area contributed by atoms with Crippen LogP contribution in [0.5, 0.6) is 0 Å². The van der Waals surface area contributed by atoms with Crippen molar-refractivity contribution in [1.82, 2.24) is 20.2 Å². The van der Waals surface area contributed by atoms with Gasteiger partial charge in [0.1, 0.15) is 5.82 Å². The third-order valence-electron chi connectivity index (χ3n) is 4.70. The largest absolute Gasteiger partial charge is 0.354 e. The van der Waals surface area contributed by atoms with Gasteiger partial charge in [0, 0.05) is 32.0 Å². The van der Waals surface area contributed by atoms with E-state index in [-0.39, 0.29) is 0 Å². The van der Waals surface area contributed by atoms with E-state index in [1.807, 2.05) is 13.2 Å². The average molecular weight is 319 g/mol. The van der Waals surface area contributed by atoms with Crippen LogP contribution in [0.4, 0.5) is 0 Å². The second-order valence-electron chi connectivity index (χ2n) is 7.10. The Kier molecular flexibility index (Phi) is 6.93. The molecule has 5 nitrogen and oxygen atoms in total. The molecule has 0 radical (unpaired) electrons. The molecule has 1 fully saturated rings. The molecule has 0 saturated heterocycles. The Hall–Kier alpha value is -1.52. The van der Waals surface area contributed by atoms with Crippen molar-refractivity contribution in [2.45, 2.75) is 72.0 Å². The first-order valence-electron chi connectivity index (χ1n) is 9.09. The van der Waals surface area contributed by atoms with Gasteiger partial charge in [0.2, 0.25) is 0 Å². The molecule has 0 aromatic carbocycles. The van der Waals surface area contributed by atoms with Gasteiger partial charge in [-0.15, -0.1) is 0 Å². The Morgan fingerprint density at radius 3 is 2.96 bits per heavy atom. The number of nitrogens with one attached hydrogen (secondary N) is 2. The lowest BCUT2D eigenvalue weighted by Crippen LogP contribution is -2.45. The zero-order chi connectivity index (χ0) is 16.7. The van der Waals surface area contributed by atoms with Crippen LogP contribution < -0.4 is 10.6 Å². The Labute approximate surface area is 141 Å². The van der Waals surface area contributed by atoms with E-state index >= 15 is 0 Å². The number of rotatable bonds is 6. The highest BCUT2D eigenvalue weighted by Gasteiger charge is 2.21. The molecule has 0 amide bonds. The van der Waals surface area contributed by atoms with Crippen LogP contribution in [0.15, 0.2) is 17.4 Å².